The van der Waals surface area contributed by atoms with E-state index < -0.39 is 0 Å². The molecule has 0 heterocycles. The molecule has 0 bridgehead atoms. The van der Waals surface area contributed by atoms with E-state index in [1.807, 2.05) is 31.2 Å². The second-order valence-corrected chi connectivity index (χ2v) is 6.16. The average Bonchev–Trinajstić information content (AvgIpc) is 2.54. The van der Waals surface area contributed by atoms with E-state index in [1.165, 1.54) is 5.70 Å². The summed E-state index contributed by atoms with van der Waals surface area (Å²) in [7, 11) is 0. The smallest absolute Gasteiger partial charge is 0.310 e. The summed E-state index contributed by atoms with van der Waals surface area (Å²) >= 11 is 0. The standard InChI is InChI=1S/C20H27NO3/c1-4-23-20(22)13-17-9-5-6-11-19(17)24-14-16-8-7-10-18(12-16)21-15(2)3/h5-6,8-9,11-12,15,21H,4,7,10,13-14H2,1-3H3. The third-order valence-electron chi connectivity index (χ3n) is 3.66. The van der Waals surface area contributed by atoms with Crippen molar-refractivity contribution in [3.63, 3.8) is 0 Å². The first kappa shape index (κ1) is 18.1. The number of allylic oxidation sites excluding steroid dienone is 2. The molecule has 1 aromatic rings. The average molecular weight is 329 g/mol. The van der Waals surface area contributed by atoms with E-state index in [4.69, 9.17) is 9.47 Å². The van der Waals surface area contributed by atoms with Crippen LogP contribution in [0.4, 0.5) is 0 Å². The lowest BCUT2D eigenvalue weighted by Gasteiger charge is -2.19. The van der Waals surface area contributed by atoms with Crippen LogP contribution in [0.3, 0.4) is 0 Å². The molecule has 1 aliphatic rings. The molecule has 0 aliphatic heterocycles. The molecule has 4 heteroatoms. The van der Waals surface area contributed by atoms with Crippen molar-refractivity contribution in [1.82, 2.24) is 5.32 Å². The molecule has 0 fully saturated rings. The maximum absolute atomic E-state index is 11.7. The van der Waals surface area contributed by atoms with Crippen molar-refractivity contribution < 1.29 is 14.3 Å². The summed E-state index contributed by atoms with van der Waals surface area (Å²) in [5.74, 6) is 0.512. The number of carbonyl (C=O) groups is 1. The molecular formula is C20H27NO3. The number of nitrogens with one attached hydrogen (secondary N) is 1. The van der Waals surface area contributed by atoms with E-state index in [0.717, 1.165) is 29.7 Å². The van der Waals surface area contributed by atoms with Crippen LogP contribution < -0.4 is 10.1 Å². The number of benzene rings is 1. The predicted octanol–water partition coefficient (Wildman–Crippen LogP) is 3.77. The van der Waals surface area contributed by atoms with Crippen LogP contribution in [-0.4, -0.2) is 25.2 Å². The summed E-state index contributed by atoms with van der Waals surface area (Å²) in [6.07, 6.45) is 6.67. The number of carbonyl (C=O) groups excluding carboxylic acids is 1. The largest absolute Gasteiger partial charge is 0.489 e. The monoisotopic (exact) mass is 329 g/mol. The van der Waals surface area contributed by atoms with Gasteiger partial charge in [0.2, 0.25) is 0 Å². The molecule has 0 saturated heterocycles. The van der Waals surface area contributed by atoms with Crippen LogP contribution in [0, 0.1) is 0 Å². The zero-order valence-corrected chi connectivity index (χ0v) is 14.8. The summed E-state index contributed by atoms with van der Waals surface area (Å²) < 4.78 is 11.0. The topological polar surface area (TPSA) is 47.6 Å². The van der Waals surface area contributed by atoms with Crippen molar-refractivity contribution in [2.24, 2.45) is 0 Å². The van der Waals surface area contributed by atoms with Gasteiger partial charge in [0, 0.05) is 17.3 Å². The van der Waals surface area contributed by atoms with Gasteiger partial charge in [-0.3, -0.25) is 4.79 Å². The molecule has 1 aromatic carbocycles. The van der Waals surface area contributed by atoms with Gasteiger partial charge in [-0.2, -0.15) is 0 Å². The van der Waals surface area contributed by atoms with Gasteiger partial charge in [0.15, 0.2) is 0 Å². The Morgan fingerprint density at radius 1 is 1.29 bits per heavy atom. The van der Waals surface area contributed by atoms with Crippen molar-refractivity contribution in [3.8, 4) is 5.75 Å². The van der Waals surface area contributed by atoms with Crippen LogP contribution in [0.15, 0.2) is 47.7 Å². The quantitative estimate of drug-likeness (QED) is 0.738. The molecule has 0 amide bonds. The molecule has 1 N–H and O–H groups in total. The summed E-state index contributed by atoms with van der Waals surface area (Å²) in [6, 6.07) is 8.06. The first-order chi connectivity index (χ1) is 11.6. The summed E-state index contributed by atoms with van der Waals surface area (Å²) in [5.41, 5.74) is 3.28. The van der Waals surface area contributed by atoms with E-state index in [1.54, 1.807) is 0 Å². The van der Waals surface area contributed by atoms with Crippen LogP contribution >= 0.6 is 0 Å². The van der Waals surface area contributed by atoms with Crippen molar-refractivity contribution in [2.75, 3.05) is 13.2 Å². The number of ether oxygens (including phenoxy) is 2. The summed E-state index contributed by atoms with van der Waals surface area (Å²) in [4.78, 5) is 11.7. The van der Waals surface area contributed by atoms with Gasteiger partial charge in [-0.05, 0) is 51.3 Å². The van der Waals surface area contributed by atoms with Gasteiger partial charge >= 0.3 is 5.97 Å². The maximum Gasteiger partial charge on any atom is 0.310 e. The fourth-order valence-corrected chi connectivity index (χ4v) is 2.67. The maximum atomic E-state index is 11.7. The molecule has 0 saturated carbocycles. The second-order valence-electron chi connectivity index (χ2n) is 6.16. The Morgan fingerprint density at radius 3 is 2.83 bits per heavy atom. The number of esters is 1. The van der Waals surface area contributed by atoms with Crippen LogP contribution in [-0.2, 0) is 16.0 Å². The Labute approximate surface area is 144 Å². The fourth-order valence-electron chi connectivity index (χ4n) is 2.67. The van der Waals surface area contributed by atoms with Gasteiger partial charge in [0.1, 0.15) is 12.4 Å². The first-order valence-corrected chi connectivity index (χ1v) is 8.61. The highest BCUT2D eigenvalue weighted by atomic mass is 16.5. The molecule has 0 unspecified atom stereocenters. The van der Waals surface area contributed by atoms with E-state index >= 15 is 0 Å². The Balaban J connectivity index is 1.98. The minimum Gasteiger partial charge on any atom is -0.489 e. The number of para-hydroxylation sites is 1. The van der Waals surface area contributed by atoms with Crippen molar-refractivity contribution in [3.05, 3.63) is 53.3 Å². The van der Waals surface area contributed by atoms with Gasteiger partial charge in [-0.25, -0.2) is 0 Å². The molecule has 2 rings (SSSR count). The predicted molar refractivity (Wildman–Crippen MR) is 95.9 cm³/mol. The Morgan fingerprint density at radius 2 is 2.08 bits per heavy atom. The van der Waals surface area contributed by atoms with E-state index in [9.17, 15) is 4.79 Å². The van der Waals surface area contributed by atoms with Crippen molar-refractivity contribution in [1.29, 1.82) is 0 Å². The van der Waals surface area contributed by atoms with Crippen LogP contribution in [0.2, 0.25) is 0 Å². The third kappa shape index (κ3) is 5.76. The Bertz CT molecular complexity index is 617. The molecule has 0 radical (unpaired) electrons. The van der Waals surface area contributed by atoms with Gasteiger partial charge in [-0.15, -0.1) is 0 Å². The molecule has 130 valence electrons. The van der Waals surface area contributed by atoms with Crippen LogP contribution in [0.25, 0.3) is 0 Å². The highest BCUT2D eigenvalue weighted by Crippen LogP contribution is 2.22. The third-order valence-corrected chi connectivity index (χ3v) is 3.66. The fraction of sp³-hybridized carbons (Fsp3) is 0.450. The van der Waals surface area contributed by atoms with Gasteiger partial charge in [0.05, 0.1) is 13.0 Å². The summed E-state index contributed by atoms with van der Waals surface area (Å²) in [5, 5.41) is 3.46. The van der Waals surface area contributed by atoms with Gasteiger partial charge in [-0.1, -0.05) is 24.3 Å². The highest BCUT2D eigenvalue weighted by Gasteiger charge is 2.11. The van der Waals surface area contributed by atoms with Crippen molar-refractivity contribution in [2.45, 2.75) is 46.1 Å². The zero-order valence-electron chi connectivity index (χ0n) is 14.8. The van der Waals surface area contributed by atoms with Crippen molar-refractivity contribution >= 4 is 5.97 Å². The van der Waals surface area contributed by atoms with Crippen LogP contribution in [0.5, 0.6) is 5.75 Å². The van der Waals surface area contributed by atoms with E-state index in [0.29, 0.717) is 19.3 Å². The molecule has 0 atom stereocenters. The Hall–Kier alpha value is -2.23. The van der Waals surface area contributed by atoms with E-state index in [2.05, 4.69) is 31.3 Å². The normalized spacial score (nSPS) is 14.0. The molecule has 0 aromatic heterocycles. The highest BCUT2D eigenvalue weighted by molar-refractivity contribution is 5.73. The van der Waals surface area contributed by atoms with Crippen LogP contribution in [0.1, 0.15) is 39.2 Å². The lowest BCUT2D eigenvalue weighted by molar-refractivity contribution is -0.142. The molecule has 1 aliphatic carbocycles. The number of hydrogen-bond acceptors (Lipinski definition) is 4. The second kappa shape index (κ2) is 9.16. The Kier molecular flexibility index (Phi) is 6.91. The van der Waals surface area contributed by atoms with Gasteiger partial charge in [0.25, 0.3) is 0 Å². The summed E-state index contributed by atoms with van der Waals surface area (Å²) in [6.45, 7) is 6.99. The van der Waals surface area contributed by atoms with Gasteiger partial charge < -0.3 is 14.8 Å². The SMILES string of the molecule is CCOC(=O)Cc1ccccc1OCC1=CCCC(NC(C)C)=C1. The lowest BCUT2D eigenvalue weighted by atomic mass is 10.0. The molecule has 24 heavy (non-hydrogen) atoms. The minimum atomic E-state index is -0.228. The number of rotatable bonds is 8. The molecule has 4 nitrogen and oxygen atoms in total. The van der Waals surface area contributed by atoms with E-state index in [-0.39, 0.29) is 12.4 Å². The minimum absolute atomic E-state index is 0.228. The lowest BCUT2D eigenvalue weighted by Crippen LogP contribution is -2.23. The zero-order chi connectivity index (χ0) is 17.4. The molecular weight excluding hydrogens is 302 g/mol. The first-order valence-electron chi connectivity index (χ1n) is 8.61. The number of hydrogen-bond donors (Lipinski definition) is 1. The molecule has 0 spiro atoms.